The first-order valence-corrected chi connectivity index (χ1v) is 7.11. The van der Waals surface area contributed by atoms with Crippen molar-refractivity contribution in [3.8, 4) is 5.75 Å². The van der Waals surface area contributed by atoms with Crippen molar-refractivity contribution in [2.75, 3.05) is 13.6 Å². The fourth-order valence-electron chi connectivity index (χ4n) is 2.16. The van der Waals surface area contributed by atoms with Crippen LogP contribution in [0, 0.1) is 0 Å². The van der Waals surface area contributed by atoms with Gasteiger partial charge in [-0.1, -0.05) is 12.1 Å². The van der Waals surface area contributed by atoms with E-state index in [9.17, 15) is 4.79 Å². The summed E-state index contributed by atoms with van der Waals surface area (Å²) in [5.41, 5.74) is 1.25. The molecule has 0 radical (unpaired) electrons. The van der Waals surface area contributed by atoms with E-state index in [1.807, 2.05) is 25.2 Å². The molecule has 1 fully saturated rings. The second-order valence-electron chi connectivity index (χ2n) is 6.41. The van der Waals surface area contributed by atoms with Gasteiger partial charge in [0.05, 0.1) is 0 Å². The molecule has 2 rings (SSSR count). The standard InChI is InChI=1S/C16H24N2O2/c1-16(2,3)17-11-12-6-5-7-13(10-12)20-14-8-9-18(4)15(14)19/h5-7,10,14,17H,8-9,11H2,1-4H3. The van der Waals surface area contributed by atoms with E-state index in [2.05, 4.69) is 32.2 Å². The number of carbonyl (C=O) groups excluding carboxylic acids is 1. The van der Waals surface area contributed by atoms with E-state index in [1.165, 1.54) is 0 Å². The number of likely N-dealkylation sites (tertiary alicyclic amines) is 1. The summed E-state index contributed by atoms with van der Waals surface area (Å²) in [5, 5.41) is 3.44. The van der Waals surface area contributed by atoms with Gasteiger partial charge in [-0.15, -0.1) is 0 Å². The third kappa shape index (κ3) is 3.97. The van der Waals surface area contributed by atoms with Crippen molar-refractivity contribution in [3.05, 3.63) is 29.8 Å². The van der Waals surface area contributed by atoms with E-state index in [0.29, 0.717) is 0 Å². The van der Waals surface area contributed by atoms with Gasteiger partial charge in [-0.2, -0.15) is 0 Å². The zero-order chi connectivity index (χ0) is 14.8. The van der Waals surface area contributed by atoms with E-state index >= 15 is 0 Å². The maximum atomic E-state index is 11.8. The van der Waals surface area contributed by atoms with Crippen molar-refractivity contribution < 1.29 is 9.53 Å². The van der Waals surface area contributed by atoms with Crippen molar-refractivity contribution in [2.24, 2.45) is 0 Å². The van der Waals surface area contributed by atoms with Crippen LogP contribution in [0.4, 0.5) is 0 Å². The van der Waals surface area contributed by atoms with Crippen LogP contribution in [0.2, 0.25) is 0 Å². The summed E-state index contributed by atoms with van der Waals surface area (Å²) in [6.07, 6.45) is 0.436. The van der Waals surface area contributed by atoms with Crippen molar-refractivity contribution >= 4 is 5.91 Å². The third-order valence-corrected chi connectivity index (χ3v) is 3.38. The van der Waals surface area contributed by atoms with E-state index in [0.717, 1.165) is 30.8 Å². The number of amides is 1. The van der Waals surface area contributed by atoms with Gasteiger partial charge in [-0.25, -0.2) is 0 Å². The number of hydrogen-bond donors (Lipinski definition) is 1. The summed E-state index contributed by atoms with van der Waals surface area (Å²) < 4.78 is 5.81. The maximum absolute atomic E-state index is 11.8. The van der Waals surface area contributed by atoms with Gasteiger partial charge in [-0.3, -0.25) is 4.79 Å². The van der Waals surface area contributed by atoms with Gasteiger partial charge >= 0.3 is 0 Å². The predicted octanol–water partition coefficient (Wildman–Crippen LogP) is 2.18. The molecule has 0 spiro atoms. The van der Waals surface area contributed by atoms with Gasteiger partial charge in [0.1, 0.15) is 5.75 Å². The number of carbonyl (C=O) groups is 1. The van der Waals surface area contributed by atoms with Gasteiger partial charge in [0.15, 0.2) is 6.10 Å². The normalized spacial score (nSPS) is 19.5. The van der Waals surface area contributed by atoms with Crippen molar-refractivity contribution in [1.82, 2.24) is 10.2 Å². The molecule has 4 nitrogen and oxygen atoms in total. The molecular weight excluding hydrogens is 252 g/mol. The maximum Gasteiger partial charge on any atom is 0.263 e. The Morgan fingerprint density at radius 3 is 2.75 bits per heavy atom. The summed E-state index contributed by atoms with van der Waals surface area (Å²) in [5.74, 6) is 0.843. The van der Waals surface area contributed by atoms with Crippen molar-refractivity contribution in [3.63, 3.8) is 0 Å². The highest BCUT2D eigenvalue weighted by atomic mass is 16.5. The number of ether oxygens (including phenoxy) is 1. The van der Waals surface area contributed by atoms with Crippen LogP contribution in [-0.4, -0.2) is 36.0 Å². The first-order valence-electron chi connectivity index (χ1n) is 7.11. The summed E-state index contributed by atoms with van der Waals surface area (Å²) in [7, 11) is 1.81. The molecule has 0 aromatic heterocycles. The van der Waals surface area contributed by atoms with Crippen molar-refractivity contribution in [2.45, 2.75) is 45.4 Å². The number of nitrogens with zero attached hydrogens (tertiary/aromatic N) is 1. The predicted molar refractivity (Wildman–Crippen MR) is 79.7 cm³/mol. The molecule has 1 aliphatic heterocycles. The van der Waals surface area contributed by atoms with E-state index in [-0.39, 0.29) is 17.6 Å². The molecule has 1 aromatic carbocycles. The second-order valence-corrected chi connectivity index (χ2v) is 6.41. The SMILES string of the molecule is CN1CCC(Oc2cccc(CNC(C)(C)C)c2)C1=O. The first-order chi connectivity index (χ1) is 9.35. The highest BCUT2D eigenvalue weighted by Gasteiger charge is 2.30. The molecule has 110 valence electrons. The molecular formula is C16H24N2O2. The van der Waals surface area contributed by atoms with E-state index in [1.54, 1.807) is 4.90 Å². The van der Waals surface area contributed by atoms with Crippen LogP contribution in [0.15, 0.2) is 24.3 Å². The van der Waals surface area contributed by atoms with Crippen LogP contribution in [0.1, 0.15) is 32.8 Å². The Labute approximate surface area is 121 Å². The Bertz CT molecular complexity index is 480. The lowest BCUT2D eigenvalue weighted by atomic mass is 10.1. The van der Waals surface area contributed by atoms with Crippen LogP contribution in [-0.2, 0) is 11.3 Å². The molecule has 1 atom stereocenters. The molecule has 1 saturated heterocycles. The zero-order valence-electron chi connectivity index (χ0n) is 12.8. The molecule has 0 saturated carbocycles. The highest BCUT2D eigenvalue weighted by Crippen LogP contribution is 2.20. The van der Waals surface area contributed by atoms with Gasteiger partial charge in [0.25, 0.3) is 5.91 Å². The van der Waals surface area contributed by atoms with Crippen LogP contribution in [0.5, 0.6) is 5.75 Å². The number of likely N-dealkylation sites (N-methyl/N-ethyl adjacent to an activating group) is 1. The molecule has 0 bridgehead atoms. The van der Waals surface area contributed by atoms with Crippen molar-refractivity contribution in [1.29, 1.82) is 0 Å². The smallest absolute Gasteiger partial charge is 0.263 e. The van der Waals surface area contributed by atoms with Gasteiger partial charge < -0.3 is 15.0 Å². The van der Waals surface area contributed by atoms with E-state index < -0.39 is 0 Å². The van der Waals surface area contributed by atoms with Crippen LogP contribution in [0.25, 0.3) is 0 Å². The van der Waals surface area contributed by atoms with Gasteiger partial charge in [0, 0.05) is 32.1 Å². The number of rotatable bonds is 4. The molecule has 4 heteroatoms. The fourth-order valence-corrected chi connectivity index (χ4v) is 2.16. The molecule has 1 aliphatic rings. The van der Waals surface area contributed by atoms with Crippen LogP contribution >= 0.6 is 0 Å². The number of benzene rings is 1. The van der Waals surface area contributed by atoms with Gasteiger partial charge in [-0.05, 0) is 38.5 Å². The Kier molecular flexibility index (Phi) is 4.33. The lowest BCUT2D eigenvalue weighted by Crippen LogP contribution is -2.35. The summed E-state index contributed by atoms with van der Waals surface area (Å²) in [6, 6.07) is 7.95. The summed E-state index contributed by atoms with van der Waals surface area (Å²) in [4.78, 5) is 13.6. The molecule has 1 heterocycles. The highest BCUT2D eigenvalue weighted by molar-refractivity contribution is 5.83. The quantitative estimate of drug-likeness (QED) is 0.916. The lowest BCUT2D eigenvalue weighted by Gasteiger charge is -2.21. The minimum atomic E-state index is -0.328. The number of hydrogen-bond acceptors (Lipinski definition) is 3. The average molecular weight is 276 g/mol. The second kappa shape index (κ2) is 5.83. The minimum absolute atomic E-state index is 0.0724. The third-order valence-electron chi connectivity index (χ3n) is 3.38. The summed E-state index contributed by atoms with van der Waals surface area (Å²) >= 11 is 0. The average Bonchev–Trinajstić information content (AvgIpc) is 2.68. The molecule has 0 aliphatic carbocycles. The topological polar surface area (TPSA) is 41.6 Å². The Balaban J connectivity index is 1.98. The van der Waals surface area contributed by atoms with Crippen LogP contribution in [0.3, 0.4) is 0 Å². The van der Waals surface area contributed by atoms with E-state index in [4.69, 9.17) is 4.74 Å². The molecule has 1 N–H and O–H groups in total. The Hall–Kier alpha value is -1.55. The minimum Gasteiger partial charge on any atom is -0.481 e. The first kappa shape index (κ1) is 14.9. The zero-order valence-corrected chi connectivity index (χ0v) is 12.8. The fraction of sp³-hybridized carbons (Fsp3) is 0.562. The molecule has 1 unspecified atom stereocenters. The summed E-state index contributed by atoms with van der Waals surface area (Å²) in [6.45, 7) is 7.98. The Morgan fingerprint density at radius 1 is 1.40 bits per heavy atom. The monoisotopic (exact) mass is 276 g/mol. The lowest BCUT2D eigenvalue weighted by molar-refractivity contribution is -0.132. The largest absolute Gasteiger partial charge is 0.481 e. The van der Waals surface area contributed by atoms with Crippen LogP contribution < -0.4 is 10.1 Å². The Morgan fingerprint density at radius 2 is 2.15 bits per heavy atom. The van der Waals surface area contributed by atoms with Gasteiger partial charge in [0.2, 0.25) is 0 Å². The molecule has 1 aromatic rings. The molecule has 1 amide bonds. The molecule has 20 heavy (non-hydrogen) atoms. The number of nitrogens with one attached hydrogen (secondary N) is 1.